The van der Waals surface area contributed by atoms with E-state index in [1.54, 1.807) is 17.8 Å². The zero-order valence-corrected chi connectivity index (χ0v) is 16.7. The monoisotopic (exact) mass is 449 g/mol. The predicted octanol–water partition coefficient (Wildman–Crippen LogP) is 1.98. The highest BCUT2D eigenvalue weighted by molar-refractivity contribution is 5.81. The van der Waals surface area contributed by atoms with Crippen LogP contribution < -0.4 is 5.73 Å². The quantitative estimate of drug-likeness (QED) is 0.610. The molecule has 9 nitrogen and oxygen atoms in total. The lowest BCUT2D eigenvalue weighted by Crippen LogP contribution is -2.54. The summed E-state index contributed by atoms with van der Waals surface area (Å²) in [6.07, 6.45) is -4.13. The highest BCUT2D eigenvalue weighted by Crippen LogP contribution is 2.65. The van der Waals surface area contributed by atoms with Gasteiger partial charge in [0.25, 0.3) is 0 Å². The van der Waals surface area contributed by atoms with Crippen LogP contribution in [0.4, 0.5) is 19.0 Å². The largest absolute Gasteiger partial charge is 0.416 e. The van der Waals surface area contributed by atoms with Crippen molar-refractivity contribution in [1.82, 2.24) is 19.5 Å². The Morgan fingerprint density at radius 2 is 1.91 bits per heavy atom. The van der Waals surface area contributed by atoms with Crippen molar-refractivity contribution in [2.45, 2.75) is 48.8 Å². The molecule has 1 aromatic carbocycles. The molecule has 168 valence electrons. The van der Waals surface area contributed by atoms with Gasteiger partial charge in [0.2, 0.25) is 0 Å². The van der Waals surface area contributed by atoms with Crippen LogP contribution in [-0.2, 0) is 20.4 Å². The molecule has 3 aliphatic rings. The van der Waals surface area contributed by atoms with Crippen LogP contribution in [-0.4, -0.2) is 54.6 Å². The van der Waals surface area contributed by atoms with E-state index in [4.69, 9.17) is 19.9 Å². The minimum absolute atomic E-state index is 0.179. The van der Waals surface area contributed by atoms with Crippen LogP contribution in [0.2, 0.25) is 0 Å². The van der Waals surface area contributed by atoms with E-state index in [1.165, 1.54) is 18.5 Å². The van der Waals surface area contributed by atoms with Gasteiger partial charge in [0, 0.05) is 5.56 Å². The summed E-state index contributed by atoms with van der Waals surface area (Å²) in [4.78, 5) is 12.5. The van der Waals surface area contributed by atoms with Crippen LogP contribution in [0.15, 0.2) is 36.9 Å². The molecule has 4 heterocycles. The summed E-state index contributed by atoms with van der Waals surface area (Å²) >= 11 is 0. The molecule has 3 aromatic rings. The van der Waals surface area contributed by atoms with Crippen LogP contribution in [0.25, 0.3) is 11.2 Å². The van der Waals surface area contributed by atoms with E-state index in [2.05, 4.69) is 15.0 Å². The molecule has 0 bridgehead atoms. The molecular weight excluding hydrogens is 431 g/mol. The Bertz CT molecular complexity index is 1220. The Balaban J connectivity index is 1.39. The number of aromatic nitrogens is 4. The zero-order chi connectivity index (χ0) is 22.5. The zero-order valence-electron chi connectivity index (χ0n) is 16.7. The number of benzene rings is 1. The number of aliphatic hydroxyl groups is 1. The van der Waals surface area contributed by atoms with E-state index in [9.17, 15) is 18.3 Å². The van der Waals surface area contributed by atoms with Crippen molar-refractivity contribution in [2.24, 2.45) is 0 Å². The standard InChI is InChI=1S/C20H18F3N5O4/c1-18-11(28-8-27-12-15(24)25-7-26-16(12)28)6-30-14-13(29)19(14,18)32-17(31-18)9-2-4-10(5-3-9)20(21,22)23/h2-5,7-8,11,13-14,17,29H,6H2,1H3,(H2,24,25,26)/t11?,13?,14-,17?,18+,19-/m1/s1. The molecule has 2 aliphatic heterocycles. The van der Waals surface area contributed by atoms with E-state index in [0.29, 0.717) is 16.7 Å². The maximum Gasteiger partial charge on any atom is 0.416 e. The third kappa shape index (κ3) is 2.40. The van der Waals surface area contributed by atoms with Gasteiger partial charge in [-0.3, -0.25) is 0 Å². The van der Waals surface area contributed by atoms with Crippen LogP contribution >= 0.6 is 0 Å². The molecule has 0 amide bonds. The second-order valence-corrected chi connectivity index (χ2v) is 8.39. The number of fused-ring (bicyclic) bond motifs is 1. The van der Waals surface area contributed by atoms with Crippen molar-refractivity contribution in [3.63, 3.8) is 0 Å². The minimum Gasteiger partial charge on any atom is -0.387 e. The van der Waals surface area contributed by atoms with Crippen LogP contribution in [0.3, 0.4) is 0 Å². The average molecular weight is 449 g/mol. The normalized spacial score (nSPS) is 36.2. The number of nitrogens with two attached hydrogens (primary N) is 1. The molecule has 32 heavy (non-hydrogen) atoms. The van der Waals surface area contributed by atoms with Crippen molar-refractivity contribution < 1.29 is 32.5 Å². The van der Waals surface area contributed by atoms with Gasteiger partial charge in [-0.25, -0.2) is 15.0 Å². The fraction of sp³-hybridized carbons (Fsp3) is 0.450. The third-order valence-corrected chi connectivity index (χ3v) is 6.77. The first-order valence-corrected chi connectivity index (χ1v) is 9.92. The van der Waals surface area contributed by atoms with Crippen LogP contribution in [0.1, 0.15) is 30.4 Å². The number of nitrogens with zero attached hydrogens (tertiary/aromatic N) is 4. The first-order valence-electron chi connectivity index (χ1n) is 9.92. The van der Waals surface area contributed by atoms with Crippen LogP contribution in [0, 0.1) is 0 Å². The van der Waals surface area contributed by atoms with Gasteiger partial charge in [-0.05, 0) is 19.1 Å². The first kappa shape index (κ1) is 19.9. The van der Waals surface area contributed by atoms with Crippen molar-refractivity contribution in [1.29, 1.82) is 0 Å². The fourth-order valence-electron chi connectivity index (χ4n) is 4.98. The number of imidazole rings is 1. The first-order chi connectivity index (χ1) is 15.2. The number of halogens is 3. The van der Waals surface area contributed by atoms with Gasteiger partial charge in [0.15, 0.2) is 23.4 Å². The molecule has 2 saturated heterocycles. The van der Waals surface area contributed by atoms with Gasteiger partial charge in [-0.15, -0.1) is 0 Å². The molecule has 0 radical (unpaired) electrons. The molecule has 1 spiro atoms. The number of alkyl halides is 3. The van der Waals surface area contributed by atoms with Crippen molar-refractivity contribution >= 4 is 17.0 Å². The Morgan fingerprint density at radius 3 is 2.62 bits per heavy atom. The molecule has 2 aromatic heterocycles. The fourth-order valence-corrected chi connectivity index (χ4v) is 4.98. The molecule has 3 fully saturated rings. The number of aliphatic hydroxyl groups excluding tert-OH is 1. The van der Waals surface area contributed by atoms with Gasteiger partial charge >= 0.3 is 6.18 Å². The highest BCUT2D eigenvalue weighted by atomic mass is 19.4. The van der Waals surface area contributed by atoms with Gasteiger partial charge < -0.3 is 29.6 Å². The second-order valence-electron chi connectivity index (χ2n) is 8.39. The SMILES string of the molecule is C[C@@]12OC(c3ccc(C(F)(F)F)cc3)O[C@@]13C(O)[C@H]3OCC2n1cnc2c(N)ncnc21. The minimum atomic E-state index is -4.45. The summed E-state index contributed by atoms with van der Waals surface area (Å²) in [6, 6.07) is 4.06. The van der Waals surface area contributed by atoms with E-state index in [-0.39, 0.29) is 12.4 Å². The van der Waals surface area contributed by atoms with Gasteiger partial charge in [0.05, 0.1) is 24.5 Å². The third-order valence-electron chi connectivity index (χ3n) is 6.77. The molecule has 1 aliphatic carbocycles. The molecule has 3 unspecified atom stereocenters. The number of hydrogen-bond donors (Lipinski definition) is 2. The number of anilines is 1. The number of hydrogen-bond acceptors (Lipinski definition) is 8. The predicted molar refractivity (Wildman–Crippen MR) is 102 cm³/mol. The lowest BCUT2D eigenvalue weighted by Gasteiger charge is -2.40. The van der Waals surface area contributed by atoms with E-state index < -0.39 is 47.5 Å². The second kappa shape index (κ2) is 6.16. The van der Waals surface area contributed by atoms with E-state index in [1.807, 2.05) is 0 Å². The molecule has 1 saturated carbocycles. The summed E-state index contributed by atoms with van der Waals surface area (Å²) in [6.45, 7) is 1.97. The smallest absolute Gasteiger partial charge is 0.387 e. The average Bonchev–Trinajstić information content (AvgIpc) is 3.06. The van der Waals surface area contributed by atoms with Gasteiger partial charge in [-0.2, -0.15) is 13.2 Å². The molecule has 3 N–H and O–H groups in total. The molecule has 6 atom stereocenters. The molecule has 6 rings (SSSR count). The number of ether oxygens (including phenoxy) is 3. The molecular formula is C20H18F3N5O4. The maximum absolute atomic E-state index is 12.9. The topological polar surface area (TPSA) is 118 Å². The van der Waals surface area contributed by atoms with Crippen molar-refractivity contribution in [2.75, 3.05) is 12.3 Å². The van der Waals surface area contributed by atoms with E-state index in [0.717, 1.165) is 12.1 Å². The number of nitrogen functional groups attached to an aromatic ring is 1. The number of rotatable bonds is 2. The summed E-state index contributed by atoms with van der Waals surface area (Å²) in [5.74, 6) is 0.223. The summed E-state index contributed by atoms with van der Waals surface area (Å²) in [7, 11) is 0. The highest BCUT2D eigenvalue weighted by Gasteiger charge is 2.84. The Hall–Kier alpha value is -2.80. The van der Waals surface area contributed by atoms with Crippen molar-refractivity contribution in [3.05, 3.63) is 48.0 Å². The van der Waals surface area contributed by atoms with Crippen molar-refractivity contribution in [3.8, 4) is 0 Å². The van der Waals surface area contributed by atoms with Gasteiger partial charge in [-0.1, -0.05) is 12.1 Å². The Kier molecular flexibility index (Phi) is 3.82. The molecule has 12 heteroatoms. The Morgan fingerprint density at radius 1 is 1.16 bits per heavy atom. The van der Waals surface area contributed by atoms with E-state index >= 15 is 0 Å². The summed E-state index contributed by atoms with van der Waals surface area (Å²) in [5, 5.41) is 10.7. The maximum atomic E-state index is 12.9. The van der Waals surface area contributed by atoms with Crippen LogP contribution in [0.5, 0.6) is 0 Å². The lowest BCUT2D eigenvalue weighted by molar-refractivity contribution is -0.137. The van der Waals surface area contributed by atoms with Gasteiger partial charge in [0.1, 0.15) is 29.7 Å². The lowest BCUT2D eigenvalue weighted by atomic mass is 9.86. The summed E-state index contributed by atoms with van der Waals surface area (Å²) in [5.41, 5.74) is 4.16. The Labute approximate surface area is 178 Å². The summed E-state index contributed by atoms with van der Waals surface area (Å²) < 4.78 is 58.9.